The highest BCUT2D eigenvalue weighted by molar-refractivity contribution is 6.04. The number of nitrogens with one attached hydrogen (secondary N) is 1. The van der Waals surface area contributed by atoms with Crippen LogP contribution in [-0.4, -0.2) is 56.3 Å². The van der Waals surface area contributed by atoms with Gasteiger partial charge in [0.25, 0.3) is 5.91 Å². The van der Waals surface area contributed by atoms with Crippen LogP contribution in [0.5, 0.6) is 0 Å². The number of anilines is 1. The number of benzene rings is 2. The molecule has 1 aliphatic heterocycles. The number of ether oxygens (including phenoxy) is 2. The molecule has 2 amide bonds. The van der Waals surface area contributed by atoms with E-state index < -0.39 is 29.6 Å². The van der Waals surface area contributed by atoms with Crippen LogP contribution in [-0.2, 0) is 9.47 Å². The molecule has 11 nitrogen and oxygen atoms in total. The monoisotopic (exact) mass is 628 g/mol. The number of carbonyl (C=O) groups excluding carboxylic acids is 3. The standard InChI is InChI=1S/C34H37FN6O5/c1-5-45-32(43)29-28(39-30(41(29)36)26-8-6-7-19-40(26)33(44)46-34(2,3)4)22-9-11-23(12-10-22)31(42)38-27-20-24(17-18-37-27)21-13-15-25(35)16-14-21/h9-18,20,26H,5-8,19,36H2,1-4H3,(H,37,38,42)/t26-/m0/s1. The maximum absolute atomic E-state index is 13.4. The molecule has 5 rings (SSSR count). The highest BCUT2D eigenvalue weighted by Crippen LogP contribution is 2.35. The van der Waals surface area contributed by atoms with Gasteiger partial charge in [-0.2, -0.15) is 0 Å². The molecule has 0 spiro atoms. The van der Waals surface area contributed by atoms with E-state index in [0.29, 0.717) is 35.7 Å². The number of halogens is 1. The van der Waals surface area contributed by atoms with Crippen molar-refractivity contribution in [3.8, 4) is 22.4 Å². The number of pyridine rings is 1. The summed E-state index contributed by atoms with van der Waals surface area (Å²) in [5.41, 5.74) is 2.03. The van der Waals surface area contributed by atoms with Crippen molar-refractivity contribution in [2.75, 3.05) is 24.3 Å². The quantitative estimate of drug-likeness (QED) is 0.178. The number of piperidine rings is 1. The fraction of sp³-hybridized carbons (Fsp3) is 0.324. The van der Waals surface area contributed by atoms with Crippen molar-refractivity contribution in [2.24, 2.45) is 0 Å². The van der Waals surface area contributed by atoms with Crippen molar-refractivity contribution < 1.29 is 28.2 Å². The summed E-state index contributed by atoms with van der Waals surface area (Å²) in [6, 6.07) is 15.5. The average Bonchev–Trinajstić information content (AvgIpc) is 3.37. The summed E-state index contributed by atoms with van der Waals surface area (Å²) < 4.78 is 25.5. The van der Waals surface area contributed by atoms with Gasteiger partial charge < -0.3 is 20.6 Å². The van der Waals surface area contributed by atoms with Gasteiger partial charge in [0.15, 0.2) is 11.5 Å². The van der Waals surface area contributed by atoms with Crippen molar-refractivity contribution in [3.05, 3.63) is 89.8 Å². The van der Waals surface area contributed by atoms with Gasteiger partial charge >= 0.3 is 12.1 Å². The number of rotatable bonds is 7. The highest BCUT2D eigenvalue weighted by atomic mass is 19.1. The summed E-state index contributed by atoms with van der Waals surface area (Å²) in [6.07, 6.45) is 3.31. The van der Waals surface area contributed by atoms with Crippen LogP contribution in [0.25, 0.3) is 22.4 Å². The summed E-state index contributed by atoms with van der Waals surface area (Å²) in [5, 5.41) is 2.79. The van der Waals surface area contributed by atoms with Crippen LogP contribution in [0, 0.1) is 5.82 Å². The summed E-state index contributed by atoms with van der Waals surface area (Å²) >= 11 is 0. The molecule has 46 heavy (non-hydrogen) atoms. The Kier molecular flexibility index (Phi) is 9.36. The third-order valence-corrected chi connectivity index (χ3v) is 7.44. The molecule has 240 valence electrons. The SMILES string of the molecule is CCOC(=O)c1c(-c2ccc(C(=O)Nc3cc(-c4ccc(F)cc4)ccn3)cc2)nc([C@@H]2CCCCN2C(=O)OC(C)(C)C)n1N. The van der Waals surface area contributed by atoms with Gasteiger partial charge in [0, 0.05) is 23.9 Å². The Balaban J connectivity index is 1.41. The molecular formula is C34H37FN6O5. The highest BCUT2D eigenvalue weighted by Gasteiger charge is 2.36. The first-order valence-electron chi connectivity index (χ1n) is 15.1. The number of hydrogen-bond donors (Lipinski definition) is 2. The van der Waals surface area contributed by atoms with Crippen molar-refractivity contribution in [2.45, 2.75) is 58.6 Å². The smallest absolute Gasteiger partial charge is 0.410 e. The zero-order chi connectivity index (χ0) is 33.0. The van der Waals surface area contributed by atoms with Crippen molar-refractivity contribution in [1.82, 2.24) is 19.5 Å². The Morgan fingerprint density at radius 2 is 1.70 bits per heavy atom. The third kappa shape index (κ3) is 7.17. The molecule has 3 heterocycles. The van der Waals surface area contributed by atoms with Crippen LogP contribution in [0.2, 0.25) is 0 Å². The first-order valence-corrected chi connectivity index (χ1v) is 15.1. The minimum atomic E-state index is -0.687. The minimum absolute atomic E-state index is 0.0329. The van der Waals surface area contributed by atoms with Gasteiger partial charge in [-0.15, -0.1) is 0 Å². The molecule has 4 aromatic rings. The van der Waals surface area contributed by atoms with Crippen LogP contribution in [0.15, 0.2) is 66.9 Å². The topological polar surface area (TPSA) is 142 Å². The number of aromatic nitrogens is 3. The van der Waals surface area contributed by atoms with Crippen LogP contribution in [0.1, 0.15) is 79.7 Å². The Morgan fingerprint density at radius 3 is 2.37 bits per heavy atom. The normalized spacial score (nSPS) is 14.9. The zero-order valence-electron chi connectivity index (χ0n) is 26.2. The number of nitrogens with zero attached hydrogens (tertiary/aromatic N) is 4. The van der Waals surface area contributed by atoms with E-state index in [2.05, 4.69) is 10.3 Å². The molecule has 3 N–H and O–H groups in total. The van der Waals surface area contributed by atoms with E-state index in [0.717, 1.165) is 24.0 Å². The van der Waals surface area contributed by atoms with Gasteiger partial charge in [-0.05, 0) is 94.5 Å². The number of likely N-dealkylation sites (tertiary alicyclic amines) is 1. The molecule has 0 aliphatic carbocycles. The molecule has 0 saturated carbocycles. The van der Waals surface area contributed by atoms with Crippen LogP contribution in [0.4, 0.5) is 15.0 Å². The van der Waals surface area contributed by atoms with Gasteiger partial charge in [-0.1, -0.05) is 24.3 Å². The molecule has 0 bridgehead atoms. The van der Waals surface area contributed by atoms with E-state index in [-0.39, 0.29) is 23.8 Å². The number of carbonyl (C=O) groups is 3. The van der Waals surface area contributed by atoms with Gasteiger partial charge in [-0.25, -0.2) is 28.6 Å². The van der Waals surface area contributed by atoms with E-state index in [1.807, 2.05) is 0 Å². The van der Waals surface area contributed by atoms with E-state index >= 15 is 0 Å². The maximum Gasteiger partial charge on any atom is 0.410 e. The summed E-state index contributed by atoms with van der Waals surface area (Å²) in [5.74, 6) is 5.76. The average molecular weight is 629 g/mol. The molecule has 2 aromatic carbocycles. The number of hydrogen-bond acceptors (Lipinski definition) is 8. The second-order valence-corrected chi connectivity index (χ2v) is 11.9. The number of imidazole rings is 1. The summed E-state index contributed by atoms with van der Waals surface area (Å²) in [7, 11) is 0. The second-order valence-electron chi connectivity index (χ2n) is 11.9. The number of nitrogens with two attached hydrogens (primary N) is 1. The fourth-order valence-corrected chi connectivity index (χ4v) is 5.31. The first-order chi connectivity index (χ1) is 21.9. The van der Waals surface area contributed by atoms with Crippen LogP contribution >= 0.6 is 0 Å². The fourth-order valence-electron chi connectivity index (χ4n) is 5.31. The van der Waals surface area contributed by atoms with Gasteiger partial charge in [0.2, 0.25) is 0 Å². The summed E-state index contributed by atoms with van der Waals surface area (Å²) in [4.78, 5) is 50.0. The van der Waals surface area contributed by atoms with Crippen molar-refractivity contribution in [3.63, 3.8) is 0 Å². The molecule has 12 heteroatoms. The third-order valence-electron chi connectivity index (χ3n) is 7.44. The van der Waals surface area contributed by atoms with E-state index in [9.17, 15) is 18.8 Å². The van der Waals surface area contributed by atoms with Crippen LogP contribution < -0.4 is 11.2 Å². The molecule has 2 aromatic heterocycles. The Hall–Kier alpha value is -5.26. The lowest BCUT2D eigenvalue weighted by Crippen LogP contribution is -2.43. The van der Waals surface area contributed by atoms with Gasteiger partial charge in [0.05, 0.1) is 12.6 Å². The zero-order valence-corrected chi connectivity index (χ0v) is 26.2. The molecule has 1 aliphatic rings. The Bertz CT molecular complexity index is 1730. The molecule has 1 atom stereocenters. The maximum atomic E-state index is 13.4. The van der Waals surface area contributed by atoms with Gasteiger partial charge in [0.1, 0.15) is 22.9 Å². The lowest BCUT2D eigenvalue weighted by Gasteiger charge is -2.36. The Morgan fingerprint density at radius 1 is 1.00 bits per heavy atom. The number of amides is 2. The largest absolute Gasteiger partial charge is 0.461 e. The Labute approximate surface area is 266 Å². The predicted molar refractivity (Wildman–Crippen MR) is 171 cm³/mol. The number of esters is 1. The second kappa shape index (κ2) is 13.4. The van der Waals surface area contributed by atoms with Crippen LogP contribution in [0.3, 0.4) is 0 Å². The molecular weight excluding hydrogens is 591 g/mol. The lowest BCUT2D eigenvalue weighted by atomic mass is 10.0. The minimum Gasteiger partial charge on any atom is -0.461 e. The molecule has 0 unspecified atom stereocenters. The van der Waals surface area contributed by atoms with E-state index in [1.165, 1.54) is 16.8 Å². The lowest BCUT2D eigenvalue weighted by molar-refractivity contribution is 0.00820. The molecule has 1 fully saturated rings. The predicted octanol–water partition coefficient (Wildman–Crippen LogP) is 6.36. The van der Waals surface area contributed by atoms with Gasteiger partial charge in [-0.3, -0.25) is 9.69 Å². The number of nitrogen functional groups attached to an aromatic ring is 1. The van der Waals surface area contributed by atoms with E-state index in [4.69, 9.17) is 20.3 Å². The first kappa shape index (κ1) is 32.1. The van der Waals surface area contributed by atoms with Crippen molar-refractivity contribution in [1.29, 1.82) is 0 Å². The molecule has 0 radical (unpaired) electrons. The van der Waals surface area contributed by atoms with E-state index in [1.54, 1.807) is 87.3 Å². The summed E-state index contributed by atoms with van der Waals surface area (Å²) in [6.45, 7) is 7.69. The van der Waals surface area contributed by atoms with Crippen molar-refractivity contribution >= 4 is 23.8 Å². The molecule has 1 saturated heterocycles.